The van der Waals surface area contributed by atoms with E-state index in [1.807, 2.05) is 12.1 Å². The summed E-state index contributed by atoms with van der Waals surface area (Å²) in [6.45, 7) is 0.964. The van der Waals surface area contributed by atoms with Gasteiger partial charge in [-0.25, -0.2) is 0 Å². The van der Waals surface area contributed by atoms with Crippen molar-refractivity contribution in [1.29, 1.82) is 0 Å². The van der Waals surface area contributed by atoms with Crippen LogP contribution in [-0.4, -0.2) is 34.6 Å². The third-order valence-electron chi connectivity index (χ3n) is 3.16. The van der Waals surface area contributed by atoms with Gasteiger partial charge >= 0.3 is 0 Å². The van der Waals surface area contributed by atoms with Crippen LogP contribution in [0.4, 0.5) is 0 Å². The van der Waals surface area contributed by atoms with Gasteiger partial charge in [0.05, 0.1) is 18.6 Å². The van der Waals surface area contributed by atoms with E-state index in [2.05, 4.69) is 10.1 Å². The third-order valence-corrected chi connectivity index (χ3v) is 3.40. The number of aliphatic hydroxyl groups excluding tert-OH is 1. The Morgan fingerprint density at radius 2 is 2.26 bits per heavy atom. The fourth-order valence-corrected chi connectivity index (χ4v) is 2.28. The van der Waals surface area contributed by atoms with Gasteiger partial charge in [-0.3, -0.25) is 0 Å². The van der Waals surface area contributed by atoms with Crippen LogP contribution in [0.15, 0.2) is 28.8 Å². The number of aromatic nitrogens is 2. The van der Waals surface area contributed by atoms with Crippen molar-refractivity contribution >= 4 is 11.6 Å². The first-order valence-electron chi connectivity index (χ1n) is 6.09. The number of aliphatic hydroxyl groups is 1. The molecule has 1 aromatic carbocycles. The van der Waals surface area contributed by atoms with Crippen molar-refractivity contribution in [3.8, 4) is 11.4 Å². The molecule has 0 spiro atoms. The van der Waals surface area contributed by atoms with E-state index < -0.39 is 6.10 Å². The molecule has 5 nitrogen and oxygen atoms in total. The molecule has 1 saturated heterocycles. The maximum absolute atomic E-state index is 9.92. The highest BCUT2D eigenvalue weighted by atomic mass is 35.5. The highest BCUT2D eigenvalue weighted by Crippen LogP contribution is 2.27. The summed E-state index contributed by atoms with van der Waals surface area (Å²) in [5.41, 5.74) is 0.786. The number of rotatable bonds is 2. The minimum absolute atomic E-state index is 0.255. The van der Waals surface area contributed by atoms with Gasteiger partial charge in [-0.15, -0.1) is 0 Å². The van der Waals surface area contributed by atoms with E-state index in [-0.39, 0.29) is 5.92 Å². The molecule has 2 atom stereocenters. The molecule has 6 heteroatoms. The van der Waals surface area contributed by atoms with Crippen molar-refractivity contribution in [1.82, 2.24) is 10.1 Å². The molecule has 0 aliphatic carbocycles. The van der Waals surface area contributed by atoms with Crippen LogP contribution in [-0.2, 0) is 4.74 Å². The molecule has 3 rings (SSSR count). The van der Waals surface area contributed by atoms with Gasteiger partial charge in [0.15, 0.2) is 0 Å². The molecule has 0 amide bonds. The molecule has 1 aliphatic heterocycles. The quantitative estimate of drug-likeness (QED) is 0.914. The molecule has 1 aromatic heterocycles. The number of halogens is 1. The zero-order valence-electron chi connectivity index (χ0n) is 10.1. The lowest BCUT2D eigenvalue weighted by Crippen LogP contribution is -2.30. The Labute approximate surface area is 115 Å². The van der Waals surface area contributed by atoms with Crippen LogP contribution in [0.5, 0.6) is 0 Å². The molecule has 100 valence electrons. The Morgan fingerprint density at radius 1 is 1.37 bits per heavy atom. The average molecular weight is 281 g/mol. The van der Waals surface area contributed by atoms with Gasteiger partial charge in [-0.1, -0.05) is 28.9 Å². The summed E-state index contributed by atoms with van der Waals surface area (Å²) in [5, 5.41) is 14.5. The first-order valence-corrected chi connectivity index (χ1v) is 6.47. The molecular weight excluding hydrogens is 268 g/mol. The SMILES string of the molecule is OC1CCOCC1c1nc(-c2cccc(Cl)c2)no1. The summed E-state index contributed by atoms with van der Waals surface area (Å²) >= 11 is 5.93. The Kier molecular flexibility index (Phi) is 3.50. The summed E-state index contributed by atoms with van der Waals surface area (Å²) in [6, 6.07) is 7.23. The van der Waals surface area contributed by atoms with Crippen LogP contribution in [0.3, 0.4) is 0 Å². The van der Waals surface area contributed by atoms with Crippen molar-refractivity contribution in [3.63, 3.8) is 0 Å². The maximum Gasteiger partial charge on any atom is 0.235 e. The summed E-state index contributed by atoms with van der Waals surface area (Å²) in [6.07, 6.45) is 0.0842. The lowest BCUT2D eigenvalue weighted by Gasteiger charge is -2.24. The van der Waals surface area contributed by atoms with E-state index in [4.69, 9.17) is 20.9 Å². The van der Waals surface area contributed by atoms with Crippen molar-refractivity contribution in [2.24, 2.45) is 0 Å². The fourth-order valence-electron chi connectivity index (χ4n) is 2.09. The number of benzene rings is 1. The highest BCUT2D eigenvalue weighted by Gasteiger charge is 2.30. The van der Waals surface area contributed by atoms with Gasteiger partial charge in [0.2, 0.25) is 11.7 Å². The number of ether oxygens (including phenoxy) is 1. The van der Waals surface area contributed by atoms with E-state index in [0.717, 1.165) is 5.56 Å². The van der Waals surface area contributed by atoms with Crippen LogP contribution < -0.4 is 0 Å². The lowest BCUT2D eigenvalue weighted by atomic mass is 9.99. The topological polar surface area (TPSA) is 68.4 Å². The first kappa shape index (κ1) is 12.6. The van der Waals surface area contributed by atoms with Crippen LogP contribution in [0.2, 0.25) is 5.02 Å². The largest absolute Gasteiger partial charge is 0.392 e. The summed E-state index contributed by atoms with van der Waals surface area (Å²) in [4.78, 5) is 4.32. The van der Waals surface area contributed by atoms with Crippen molar-refractivity contribution in [2.75, 3.05) is 13.2 Å². The molecule has 0 saturated carbocycles. The second kappa shape index (κ2) is 5.28. The molecule has 1 fully saturated rings. The Morgan fingerprint density at radius 3 is 3.05 bits per heavy atom. The van der Waals surface area contributed by atoms with E-state index in [9.17, 15) is 5.11 Å². The van der Waals surface area contributed by atoms with Crippen molar-refractivity contribution in [2.45, 2.75) is 18.4 Å². The maximum atomic E-state index is 9.92. The van der Waals surface area contributed by atoms with Gasteiger partial charge < -0.3 is 14.4 Å². The zero-order chi connectivity index (χ0) is 13.2. The van der Waals surface area contributed by atoms with E-state index >= 15 is 0 Å². The monoisotopic (exact) mass is 280 g/mol. The summed E-state index contributed by atoms with van der Waals surface area (Å²) < 4.78 is 10.6. The molecule has 2 heterocycles. The first-order chi connectivity index (χ1) is 9.24. The van der Waals surface area contributed by atoms with Crippen LogP contribution in [0, 0.1) is 0 Å². The molecule has 0 bridgehead atoms. The van der Waals surface area contributed by atoms with Crippen LogP contribution >= 0.6 is 11.6 Å². The summed E-state index contributed by atoms with van der Waals surface area (Å²) in [7, 11) is 0. The van der Waals surface area contributed by atoms with E-state index in [1.54, 1.807) is 12.1 Å². The third kappa shape index (κ3) is 2.63. The Bertz CT molecular complexity index is 573. The van der Waals surface area contributed by atoms with Crippen molar-refractivity contribution < 1.29 is 14.4 Å². The van der Waals surface area contributed by atoms with Crippen molar-refractivity contribution in [3.05, 3.63) is 35.2 Å². The lowest BCUT2D eigenvalue weighted by molar-refractivity contribution is -0.0149. The minimum atomic E-state index is -0.499. The van der Waals surface area contributed by atoms with E-state index in [0.29, 0.717) is 36.4 Å². The normalized spacial score (nSPS) is 23.5. The zero-order valence-corrected chi connectivity index (χ0v) is 10.9. The summed E-state index contributed by atoms with van der Waals surface area (Å²) in [5.74, 6) is 0.617. The van der Waals surface area contributed by atoms with Gasteiger partial charge in [-0.2, -0.15) is 4.98 Å². The Balaban J connectivity index is 1.86. The molecule has 1 aliphatic rings. The molecule has 2 aromatic rings. The van der Waals surface area contributed by atoms with Gasteiger partial charge in [0.1, 0.15) is 0 Å². The molecule has 19 heavy (non-hydrogen) atoms. The van der Waals surface area contributed by atoms with Gasteiger partial charge in [0.25, 0.3) is 0 Å². The fraction of sp³-hybridized carbons (Fsp3) is 0.385. The second-order valence-corrected chi connectivity index (χ2v) is 4.94. The average Bonchev–Trinajstić information content (AvgIpc) is 2.89. The molecule has 1 N–H and O–H groups in total. The predicted octanol–water partition coefficient (Wildman–Crippen LogP) is 2.25. The molecule has 2 unspecified atom stereocenters. The van der Waals surface area contributed by atoms with Gasteiger partial charge in [0, 0.05) is 17.2 Å². The molecule has 0 radical (unpaired) electrons. The predicted molar refractivity (Wildman–Crippen MR) is 68.9 cm³/mol. The standard InChI is InChI=1S/C13H13ClN2O3/c14-9-3-1-2-8(6-9)12-15-13(19-16-12)10-7-18-5-4-11(10)17/h1-3,6,10-11,17H,4-5,7H2. The van der Waals surface area contributed by atoms with E-state index in [1.165, 1.54) is 0 Å². The smallest absolute Gasteiger partial charge is 0.235 e. The minimum Gasteiger partial charge on any atom is -0.392 e. The number of hydrogen-bond acceptors (Lipinski definition) is 5. The second-order valence-electron chi connectivity index (χ2n) is 4.50. The van der Waals surface area contributed by atoms with Gasteiger partial charge in [-0.05, 0) is 18.6 Å². The number of hydrogen-bond donors (Lipinski definition) is 1. The Hall–Kier alpha value is -1.43. The number of nitrogens with zero attached hydrogens (tertiary/aromatic N) is 2. The highest BCUT2D eigenvalue weighted by molar-refractivity contribution is 6.30. The van der Waals surface area contributed by atoms with Crippen LogP contribution in [0.25, 0.3) is 11.4 Å². The molecular formula is C13H13ClN2O3. The van der Waals surface area contributed by atoms with Crippen LogP contribution in [0.1, 0.15) is 18.2 Å².